The lowest BCUT2D eigenvalue weighted by Gasteiger charge is -2.11. The van der Waals surface area contributed by atoms with E-state index in [9.17, 15) is 0 Å². The van der Waals surface area contributed by atoms with Gasteiger partial charge >= 0.3 is 0 Å². The summed E-state index contributed by atoms with van der Waals surface area (Å²) in [6.07, 6.45) is 0. The topological polar surface area (TPSA) is 45.4 Å². The van der Waals surface area contributed by atoms with Gasteiger partial charge in [0, 0.05) is 43.7 Å². The van der Waals surface area contributed by atoms with Crippen molar-refractivity contribution >= 4 is 87.5 Å². The number of benzene rings is 8. The van der Waals surface area contributed by atoms with E-state index in [2.05, 4.69) is 155 Å². The molecule has 8 aromatic carbocycles. The van der Waals surface area contributed by atoms with Crippen LogP contribution >= 0.6 is 0 Å². The van der Waals surface area contributed by atoms with E-state index in [4.69, 9.17) is 13.6 Å². The Hall–Kier alpha value is -7.24. The van der Waals surface area contributed by atoms with Gasteiger partial charge in [-0.3, -0.25) is 0 Å². The van der Waals surface area contributed by atoms with Gasteiger partial charge in [-0.25, -0.2) is 0 Å². The molecule has 5 heteroatoms. The second kappa shape index (κ2) is 10.6. The maximum atomic E-state index is 7.09. The summed E-state index contributed by atoms with van der Waals surface area (Å²) in [6, 6.07) is 59.2. The molecule has 53 heavy (non-hydrogen) atoms. The van der Waals surface area contributed by atoms with E-state index in [1.54, 1.807) is 0 Å². The summed E-state index contributed by atoms with van der Waals surface area (Å²) < 4.78 is 24.1. The predicted molar refractivity (Wildman–Crippen MR) is 216 cm³/mol. The highest BCUT2D eigenvalue weighted by molar-refractivity contribution is 6.15. The quantitative estimate of drug-likeness (QED) is 0.186. The molecule has 0 saturated heterocycles. The Balaban J connectivity index is 1.06. The van der Waals surface area contributed by atoms with E-state index in [0.29, 0.717) is 0 Å². The molecule has 0 fully saturated rings. The largest absolute Gasteiger partial charge is 0.456 e. The number of nitrogens with zero attached hydrogens (tertiary/aromatic N) is 2. The Kier molecular flexibility index (Phi) is 5.71. The van der Waals surface area contributed by atoms with Crippen molar-refractivity contribution in [2.75, 3.05) is 0 Å². The minimum absolute atomic E-state index is 0.808. The smallest absolute Gasteiger partial charge is 0.137 e. The first kappa shape index (κ1) is 28.5. The molecular weight excluding hydrogens is 653 g/mol. The van der Waals surface area contributed by atoms with Crippen molar-refractivity contribution in [1.82, 2.24) is 9.13 Å². The molecule has 4 heterocycles. The molecule has 0 bridgehead atoms. The van der Waals surface area contributed by atoms with E-state index < -0.39 is 0 Å². The fraction of sp³-hybridized carbons (Fsp3) is 0. The van der Waals surface area contributed by atoms with Gasteiger partial charge in [-0.05, 0) is 84.9 Å². The second-order valence-corrected chi connectivity index (χ2v) is 13.7. The van der Waals surface area contributed by atoms with Crippen molar-refractivity contribution < 1.29 is 13.6 Å². The Morgan fingerprint density at radius 2 is 0.717 bits per heavy atom. The predicted octanol–water partition coefficient (Wildman–Crippen LogP) is 13.5. The van der Waals surface area contributed by atoms with Crippen molar-refractivity contribution in [3.8, 4) is 22.9 Å². The second-order valence-electron chi connectivity index (χ2n) is 13.7. The molecule has 0 aliphatic carbocycles. The molecule has 0 radical (unpaired) electrons. The van der Waals surface area contributed by atoms with E-state index in [1.165, 1.54) is 0 Å². The zero-order valence-corrected chi connectivity index (χ0v) is 28.3. The Bertz CT molecular complexity index is 3220. The molecule has 0 spiro atoms. The molecule has 5 nitrogen and oxygen atoms in total. The zero-order chi connectivity index (χ0) is 34.6. The van der Waals surface area contributed by atoms with Crippen LogP contribution in [0.1, 0.15) is 0 Å². The minimum atomic E-state index is 0.808. The maximum absolute atomic E-state index is 7.09. The number of hydrogen-bond acceptors (Lipinski definition) is 3. The van der Waals surface area contributed by atoms with Gasteiger partial charge in [0.15, 0.2) is 0 Å². The standard InChI is InChI=1S/C48H28N2O3/c1-5-15-37-33(13-1)47-39(49(37)29-23-25-43-35(27-29)31-11-3-7-19-41(31)51-43)17-9-21-45(47)53-46-22-10-18-40-48(46)34-14-2-6-16-38(34)50(40)30-24-26-44-36(28-30)32-12-4-8-20-42(32)52-44/h1-28H. The van der Waals surface area contributed by atoms with Crippen LogP contribution < -0.4 is 4.74 Å². The Morgan fingerprint density at radius 1 is 0.321 bits per heavy atom. The van der Waals surface area contributed by atoms with Gasteiger partial charge < -0.3 is 22.7 Å². The highest BCUT2D eigenvalue weighted by Crippen LogP contribution is 2.44. The van der Waals surface area contributed by atoms with Crippen LogP contribution in [0.5, 0.6) is 11.5 Å². The number of para-hydroxylation sites is 4. The number of hydrogen-bond donors (Lipinski definition) is 0. The molecule has 0 atom stereocenters. The fourth-order valence-corrected chi connectivity index (χ4v) is 8.52. The van der Waals surface area contributed by atoms with Crippen LogP contribution in [-0.2, 0) is 0 Å². The molecule has 0 saturated carbocycles. The van der Waals surface area contributed by atoms with Crippen LogP contribution in [0, 0.1) is 0 Å². The van der Waals surface area contributed by atoms with Crippen LogP contribution in [0.15, 0.2) is 179 Å². The first-order valence-corrected chi connectivity index (χ1v) is 17.8. The van der Waals surface area contributed by atoms with Gasteiger partial charge in [-0.1, -0.05) is 84.9 Å². The van der Waals surface area contributed by atoms with Gasteiger partial charge in [0.25, 0.3) is 0 Å². The summed E-state index contributed by atoms with van der Waals surface area (Å²) in [5.41, 5.74) is 10.1. The highest BCUT2D eigenvalue weighted by Gasteiger charge is 2.21. The van der Waals surface area contributed by atoms with Crippen LogP contribution in [0.4, 0.5) is 0 Å². The lowest BCUT2D eigenvalue weighted by Crippen LogP contribution is -1.94. The zero-order valence-electron chi connectivity index (χ0n) is 28.3. The lowest BCUT2D eigenvalue weighted by molar-refractivity contribution is 0.495. The number of ether oxygens (including phenoxy) is 1. The van der Waals surface area contributed by atoms with Crippen molar-refractivity contribution in [2.45, 2.75) is 0 Å². The lowest BCUT2D eigenvalue weighted by atomic mass is 10.1. The summed E-state index contributed by atoms with van der Waals surface area (Å²) >= 11 is 0. The van der Waals surface area contributed by atoms with Crippen molar-refractivity contribution in [3.05, 3.63) is 170 Å². The van der Waals surface area contributed by atoms with Gasteiger partial charge in [-0.15, -0.1) is 0 Å². The first-order valence-electron chi connectivity index (χ1n) is 17.8. The third-order valence-electron chi connectivity index (χ3n) is 10.8. The fourth-order valence-electron chi connectivity index (χ4n) is 8.52. The van der Waals surface area contributed by atoms with Crippen LogP contribution in [0.3, 0.4) is 0 Å². The van der Waals surface area contributed by atoms with Crippen molar-refractivity contribution in [3.63, 3.8) is 0 Å². The molecule has 0 unspecified atom stereocenters. The van der Waals surface area contributed by atoms with Crippen LogP contribution in [0.25, 0.3) is 98.9 Å². The van der Waals surface area contributed by atoms with Crippen LogP contribution in [0.2, 0.25) is 0 Å². The third kappa shape index (κ3) is 4.02. The molecule has 12 aromatic rings. The molecule has 0 aliphatic rings. The van der Waals surface area contributed by atoms with Gasteiger partial charge in [0.2, 0.25) is 0 Å². The van der Waals surface area contributed by atoms with E-state index in [1.807, 2.05) is 24.3 Å². The summed E-state index contributed by atoms with van der Waals surface area (Å²) in [5.74, 6) is 1.62. The SMILES string of the molecule is c1ccc2c(c1)oc1ccc(-n3c4ccccc4c4c(Oc5cccc6c5c5ccccc5n6-c5ccc6oc7ccccc7c6c5)cccc43)cc12. The van der Waals surface area contributed by atoms with E-state index in [-0.39, 0.29) is 0 Å². The molecule has 4 aromatic heterocycles. The summed E-state index contributed by atoms with van der Waals surface area (Å²) in [6.45, 7) is 0. The molecule has 0 amide bonds. The number of aromatic nitrogens is 2. The van der Waals surface area contributed by atoms with Gasteiger partial charge in [0.05, 0.1) is 32.8 Å². The molecule has 0 N–H and O–H groups in total. The van der Waals surface area contributed by atoms with Gasteiger partial charge in [-0.2, -0.15) is 0 Å². The molecule has 12 rings (SSSR count). The summed E-state index contributed by atoms with van der Waals surface area (Å²) in [4.78, 5) is 0. The number of furan rings is 2. The van der Waals surface area contributed by atoms with E-state index >= 15 is 0 Å². The normalized spacial score (nSPS) is 12.2. The maximum Gasteiger partial charge on any atom is 0.137 e. The highest BCUT2D eigenvalue weighted by atomic mass is 16.5. The molecular formula is C48H28N2O3. The summed E-state index contributed by atoms with van der Waals surface area (Å²) in [7, 11) is 0. The molecule has 0 aliphatic heterocycles. The Morgan fingerprint density at radius 3 is 1.21 bits per heavy atom. The third-order valence-corrected chi connectivity index (χ3v) is 10.8. The molecule has 248 valence electrons. The minimum Gasteiger partial charge on any atom is -0.456 e. The average Bonchev–Trinajstić information content (AvgIpc) is 3.95. The number of rotatable bonds is 4. The Labute approximate surface area is 302 Å². The summed E-state index contributed by atoms with van der Waals surface area (Å²) in [5, 5.41) is 8.81. The average molecular weight is 681 g/mol. The monoisotopic (exact) mass is 680 g/mol. The van der Waals surface area contributed by atoms with E-state index in [0.717, 1.165) is 110 Å². The van der Waals surface area contributed by atoms with Gasteiger partial charge in [0.1, 0.15) is 33.8 Å². The first-order chi connectivity index (χ1) is 26.3. The van der Waals surface area contributed by atoms with Crippen molar-refractivity contribution in [1.29, 1.82) is 0 Å². The number of fused-ring (bicyclic) bond motifs is 12. The van der Waals surface area contributed by atoms with Crippen LogP contribution in [-0.4, -0.2) is 9.13 Å². The van der Waals surface area contributed by atoms with Crippen molar-refractivity contribution in [2.24, 2.45) is 0 Å².